The van der Waals surface area contributed by atoms with E-state index in [0.717, 1.165) is 19.4 Å². The highest BCUT2D eigenvalue weighted by atomic mass is 16.1. The molecule has 1 saturated heterocycles. The zero-order chi connectivity index (χ0) is 11.1. The second-order valence-corrected chi connectivity index (χ2v) is 5.21. The van der Waals surface area contributed by atoms with Crippen LogP contribution in [0.25, 0.3) is 0 Å². The molecule has 88 valence electrons. The molecule has 1 aliphatic rings. The van der Waals surface area contributed by atoms with Crippen LogP contribution in [0.1, 0.15) is 52.4 Å². The highest BCUT2D eigenvalue weighted by molar-refractivity contribution is 5.58. The Labute approximate surface area is 94.0 Å². The topological polar surface area (TPSA) is 20.3 Å². The molecule has 0 N–H and O–H groups in total. The molecule has 0 aromatic carbocycles. The molecule has 2 nitrogen and oxygen atoms in total. The van der Waals surface area contributed by atoms with E-state index in [0.29, 0.717) is 0 Å². The van der Waals surface area contributed by atoms with E-state index < -0.39 is 0 Å². The van der Waals surface area contributed by atoms with Gasteiger partial charge in [-0.05, 0) is 32.4 Å². The number of carbonyl (C=O) groups excluding carboxylic acids is 1. The van der Waals surface area contributed by atoms with E-state index in [-0.39, 0.29) is 5.41 Å². The van der Waals surface area contributed by atoms with Crippen molar-refractivity contribution in [1.29, 1.82) is 0 Å². The Balaban J connectivity index is 2.45. The van der Waals surface area contributed by atoms with Gasteiger partial charge in [0.2, 0.25) is 0 Å². The van der Waals surface area contributed by atoms with Gasteiger partial charge in [0.15, 0.2) is 0 Å². The maximum atomic E-state index is 11.1. The quantitative estimate of drug-likeness (QED) is 0.652. The first-order valence-corrected chi connectivity index (χ1v) is 6.39. The zero-order valence-corrected chi connectivity index (χ0v) is 10.3. The molecule has 2 heteroatoms. The molecule has 1 heterocycles. The number of nitrogens with zero attached hydrogens (tertiary/aromatic N) is 1. The molecule has 1 rings (SSSR count). The maximum absolute atomic E-state index is 11.1. The number of hydrogen-bond acceptors (Lipinski definition) is 2. The van der Waals surface area contributed by atoms with Gasteiger partial charge in [-0.2, -0.15) is 0 Å². The third kappa shape index (κ3) is 4.33. The van der Waals surface area contributed by atoms with Crippen LogP contribution in [0.3, 0.4) is 0 Å². The van der Waals surface area contributed by atoms with Crippen LogP contribution in [-0.4, -0.2) is 30.8 Å². The average Bonchev–Trinajstić information content (AvgIpc) is 2.47. The van der Waals surface area contributed by atoms with Gasteiger partial charge in [-0.3, -0.25) is 0 Å². The Hall–Kier alpha value is -0.370. The summed E-state index contributed by atoms with van der Waals surface area (Å²) < 4.78 is 0. The van der Waals surface area contributed by atoms with Gasteiger partial charge >= 0.3 is 0 Å². The molecular formula is C13H25NO. The Morgan fingerprint density at radius 1 is 1.20 bits per heavy atom. The molecule has 0 bridgehead atoms. The fourth-order valence-corrected chi connectivity index (χ4v) is 2.55. The highest BCUT2D eigenvalue weighted by Gasteiger charge is 2.25. The molecule has 0 saturated carbocycles. The summed E-state index contributed by atoms with van der Waals surface area (Å²) in [7, 11) is 0. The van der Waals surface area contributed by atoms with Crippen LogP contribution >= 0.6 is 0 Å². The van der Waals surface area contributed by atoms with Crippen LogP contribution in [0.5, 0.6) is 0 Å². The number of aldehydes is 1. The Morgan fingerprint density at radius 2 is 1.80 bits per heavy atom. The summed E-state index contributed by atoms with van der Waals surface area (Å²) >= 11 is 0. The van der Waals surface area contributed by atoms with E-state index >= 15 is 0 Å². The molecule has 0 amide bonds. The molecule has 0 spiro atoms. The molecule has 0 aromatic heterocycles. The summed E-state index contributed by atoms with van der Waals surface area (Å²) in [6.07, 6.45) is 8.63. The van der Waals surface area contributed by atoms with Crippen LogP contribution in [0.15, 0.2) is 0 Å². The molecule has 1 atom stereocenters. The van der Waals surface area contributed by atoms with Gasteiger partial charge in [0.25, 0.3) is 0 Å². The van der Waals surface area contributed by atoms with Crippen molar-refractivity contribution in [1.82, 2.24) is 4.90 Å². The second-order valence-electron chi connectivity index (χ2n) is 5.21. The van der Waals surface area contributed by atoms with E-state index in [1.165, 1.54) is 45.1 Å². The van der Waals surface area contributed by atoms with E-state index in [9.17, 15) is 4.79 Å². The summed E-state index contributed by atoms with van der Waals surface area (Å²) in [6, 6.07) is 0. The molecule has 0 aromatic rings. The third-order valence-electron chi connectivity index (χ3n) is 3.39. The lowest BCUT2D eigenvalue weighted by Gasteiger charge is -2.30. The molecule has 1 unspecified atom stereocenters. The van der Waals surface area contributed by atoms with Crippen molar-refractivity contribution in [2.45, 2.75) is 52.4 Å². The third-order valence-corrected chi connectivity index (χ3v) is 3.39. The van der Waals surface area contributed by atoms with E-state index in [4.69, 9.17) is 0 Å². The number of carbonyl (C=O) groups is 1. The van der Waals surface area contributed by atoms with Crippen molar-refractivity contribution < 1.29 is 4.79 Å². The van der Waals surface area contributed by atoms with Gasteiger partial charge in [-0.25, -0.2) is 0 Å². The average molecular weight is 211 g/mol. The van der Waals surface area contributed by atoms with E-state index in [1.54, 1.807) is 0 Å². The van der Waals surface area contributed by atoms with Gasteiger partial charge in [0.05, 0.1) is 0 Å². The zero-order valence-electron chi connectivity index (χ0n) is 10.3. The second kappa shape index (κ2) is 6.26. The van der Waals surface area contributed by atoms with Gasteiger partial charge in [-0.1, -0.05) is 33.1 Å². The molecule has 0 radical (unpaired) electrons. The van der Waals surface area contributed by atoms with Crippen LogP contribution < -0.4 is 0 Å². The van der Waals surface area contributed by atoms with Crippen LogP contribution in [-0.2, 0) is 4.79 Å². The molecule has 1 fully saturated rings. The van der Waals surface area contributed by atoms with E-state index in [1.807, 2.05) is 0 Å². The first kappa shape index (κ1) is 12.7. The van der Waals surface area contributed by atoms with Gasteiger partial charge in [-0.15, -0.1) is 0 Å². The number of rotatable bonds is 5. The van der Waals surface area contributed by atoms with Crippen molar-refractivity contribution in [3.63, 3.8) is 0 Å². The maximum Gasteiger partial charge on any atom is 0.127 e. The lowest BCUT2D eigenvalue weighted by Crippen LogP contribution is -2.37. The summed E-state index contributed by atoms with van der Waals surface area (Å²) in [5, 5.41) is 0. The predicted octanol–water partition coefficient (Wildman–Crippen LogP) is 2.87. The standard InChI is InChI=1S/C13H25NO/c1-3-8-13(2,12-15)11-14-9-6-4-5-7-10-14/h12H,3-11H2,1-2H3. The largest absolute Gasteiger partial charge is 0.303 e. The first-order chi connectivity index (χ1) is 7.20. The van der Waals surface area contributed by atoms with E-state index in [2.05, 4.69) is 18.7 Å². The minimum absolute atomic E-state index is 0.112. The first-order valence-electron chi connectivity index (χ1n) is 6.39. The van der Waals surface area contributed by atoms with Gasteiger partial charge in [0.1, 0.15) is 6.29 Å². The minimum Gasteiger partial charge on any atom is -0.303 e. The van der Waals surface area contributed by atoms with Gasteiger partial charge in [0, 0.05) is 12.0 Å². The normalized spacial score (nSPS) is 23.1. The van der Waals surface area contributed by atoms with Crippen LogP contribution in [0.2, 0.25) is 0 Å². The Kier molecular flexibility index (Phi) is 5.30. The summed E-state index contributed by atoms with van der Waals surface area (Å²) in [5.41, 5.74) is -0.112. The van der Waals surface area contributed by atoms with Crippen molar-refractivity contribution in [2.24, 2.45) is 5.41 Å². The summed E-state index contributed by atoms with van der Waals surface area (Å²) in [4.78, 5) is 13.6. The Bertz CT molecular complexity index is 185. The van der Waals surface area contributed by atoms with Crippen molar-refractivity contribution in [3.8, 4) is 0 Å². The lowest BCUT2D eigenvalue weighted by molar-refractivity contribution is -0.116. The molecular weight excluding hydrogens is 186 g/mol. The van der Waals surface area contributed by atoms with Gasteiger partial charge < -0.3 is 9.69 Å². The molecule has 1 aliphatic heterocycles. The monoisotopic (exact) mass is 211 g/mol. The van der Waals surface area contributed by atoms with Crippen LogP contribution in [0, 0.1) is 5.41 Å². The molecule has 0 aliphatic carbocycles. The van der Waals surface area contributed by atoms with Crippen LogP contribution in [0.4, 0.5) is 0 Å². The lowest BCUT2D eigenvalue weighted by atomic mass is 9.86. The fourth-order valence-electron chi connectivity index (χ4n) is 2.55. The minimum atomic E-state index is -0.112. The Morgan fingerprint density at radius 3 is 2.27 bits per heavy atom. The number of hydrogen-bond donors (Lipinski definition) is 0. The highest BCUT2D eigenvalue weighted by Crippen LogP contribution is 2.23. The molecule has 15 heavy (non-hydrogen) atoms. The van der Waals surface area contributed by atoms with Crippen molar-refractivity contribution in [3.05, 3.63) is 0 Å². The SMILES string of the molecule is CCCC(C)(C=O)CN1CCCCCC1. The fraction of sp³-hybridized carbons (Fsp3) is 0.923. The smallest absolute Gasteiger partial charge is 0.127 e. The van der Waals surface area contributed by atoms with Crippen molar-refractivity contribution >= 4 is 6.29 Å². The summed E-state index contributed by atoms with van der Waals surface area (Å²) in [5.74, 6) is 0. The predicted molar refractivity (Wildman–Crippen MR) is 64.0 cm³/mol. The number of likely N-dealkylation sites (tertiary alicyclic amines) is 1. The van der Waals surface area contributed by atoms with Crippen molar-refractivity contribution in [2.75, 3.05) is 19.6 Å². The summed E-state index contributed by atoms with van der Waals surface area (Å²) in [6.45, 7) is 7.60.